The maximum absolute atomic E-state index is 10.6. The summed E-state index contributed by atoms with van der Waals surface area (Å²) in [7, 11) is 1.84. The molecule has 1 amide bonds. The van der Waals surface area contributed by atoms with Crippen LogP contribution in [0.4, 0.5) is 0 Å². The van der Waals surface area contributed by atoms with Crippen molar-refractivity contribution in [1.82, 2.24) is 10.6 Å². The molecule has 4 N–H and O–H groups in total. The van der Waals surface area contributed by atoms with Crippen LogP contribution in [0.1, 0.15) is 19.3 Å². The van der Waals surface area contributed by atoms with Gasteiger partial charge >= 0.3 is 0 Å². The Morgan fingerprint density at radius 3 is 2.88 bits per heavy atom. The summed E-state index contributed by atoms with van der Waals surface area (Å²) < 4.78 is 0. The average Bonchev–Trinajstić information content (AvgIpc) is 2.57. The lowest BCUT2D eigenvalue weighted by Crippen LogP contribution is -2.67. The van der Waals surface area contributed by atoms with Gasteiger partial charge in [0.1, 0.15) is 11.9 Å². The molecule has 0 spiro atoms. The third-order valence-electron chi connectivity index (χ3n) is 3.02. The minimum Gasteiger partial charge on any atom is -0.338 e. The van der Waals surface area contributed by atoms with Crippen molar-refractivity contribution in [3.63, 3.8) is 0 Å². The van der Waals surface area contributed by atoms with Crippen LogP contribution in [0.15, 0.2) is 0 Å². The molecular formula is C10H19N3O2S. The largest absolute Gasteiger partial charge is 0.338 e. The van der Waals surface area contributed by atoms with Gasteiger partial charge in [-0.05, 0) is 19.9 Å². The fourth-order valence-corrected chi connectivity index (χ4v) is 3.75. The SMILES string of the molecule is CNC1CSC(CCCC=O)C1(N)NC=O. The topological polar surface area (TPSA) is 84.2 Å². The molecule has 3 atom stereocenters. The molecule has 1 heterocycles. The fraction of sp³-hybridized carbons (Fsp3) is 0.800. The zero-order valence-corrected chi connectivity index (χ0v) is 10.3. The Bertz CT molecular complexity index is 252. The molecule has 6 heteroatoms. The highest BCUT2D eigenvalue weighted by atomic mass is 32.2. The van der Waals surface area contributed by atoms with Crippen LogP contribution in [0.2, 0.25) is 0 Å². The number of carbonyl (C=O) groups excluding carboxylic acids is 2. The third kappa shape index (κ3) is 2.75. The summed E-state index contributed by atoms with van der Waals surface area (Å²) in [6.45, 7) is 0. The van der Waals surface area contributed by atoms with E-state index in [0.29, 0.717) is 12.8 Å². The van der Waals surface area contributed by atoms with Gasteiger partial charge in [-0.1, -0.05) is 0 Å². The molecule has 3 unspecified atom stereocenters. The van der Waals surface area contributed by atoms with Crippen LogP contribution < -0.4 is 16.4 Å². The smallest absolute Gasteiger partial charge is 0.208 e. The summed E-state index contributed by atoms with van der Waals surface area (Å²) in [5.74, 6) is 0.875. The van der Waals surface area contributed by atoms with Crippen molar-refractivity contribution in [3.8, 4) is 0 Å². The number of rotatable bonds is 7. The number of nitrogens with two attached hydrogens (primary N) is 1. The Hall–Kier alpha value is -0.590. The Labute approximate surface area is 99.9 Å². The zero-order valence-electron chi connectivity index (χ0n) is 9.44. The van der Waals surface area contributed by atoms with E-state index in [1.807, 2.05) is 7.05 Å². The van der Waals surface area contributed by atoms with Crippen molar-refractivity contribution in [1.29, 1.82) is 0 Å². The van der Waals surface area contributed by atoms with Crippen molar-refractivity contribution in [2.45, 2.75) is 36.2 Å². The normalized spacial score (nSPS) is 33.6. The Morgan fingerprint density at radius 1 is 1.56 bits per heavy atom. The first-order valence-electron chi connectivity index (χ1n) is 5.41. The van der Waals surface area contributed by atoms with Crippen LogP contribution in [0.3, 0.4) is 0 Å². The van der Waals surface area contributed by atoms with Crippen LogP contribution in [0.5, 0.6) is 0 Å². The predicted octanol–water partition coefficient (Wildman–Crippen LogP) is -0.540. The molecule has 0 aliphatic carbocycles. The highest BCUT2D eigenvalue weighted by Gasteiger charge is 2.46. The molecule has 0 aromatic heterocycles. The molecule has 92 valence electrons. The maximum Gasteiger partial charge on any atom is 0.208 e. The second kappa shape index (κ2) is 6.22. The van der Waals surface area contributed by atoms with Crippen LogP contribution >= 0.6 is 11.8 Å². The third-order valence-corrected chi connectivity index (χ3v) is 4.57. The lowest BCUT2D eigenvalue weighted by Gasteiger charge is -2.35. The fourth-order valence-electron chi connectivity index (χ4n) is 2.04. The van der Waals surface area contributed by atoms with E-state index >= 15 is 0 Å². The van der Waals surface area contributed by atoms with E-state index in [4.69, 9.17) is 5.73 Å². The van der Waals surface area contributed by atoms with Gasteiger partial charge < -0.3 is 21.2 Å². The van der Waals surface area contributed by atoms with Gasteiger partial charge in [0.25, 0.3) is 0 Å². The van der Waals surface area contributed by atoms with Gasteiger partial charge in [-0.2, -0.15) is 11.8 Å². The van der Waals surface area contributed by atoms with Gasteiger partial charge in [-0.3, -0.25) is 4.79 Å². The van der Waals surface area contributed by atoms with Crippen molar-refractivity contribution in [2.24, 2.45) is 5.73 Å². The highest BCUT2D eigenvalue weighted by molar-refractivity contribution is 8.00. The molecule has 0 aromatic rings. The maximum atomic E-state index is 10.6. The van der Waals surface area contributed by atoms with Crippen molar-refractivity contribution in [2.75, 3.05) is 12.8 Å². The first kappa shape index (κ1) is 13.5. The Balaban J connectivity index is 2.61. The van der Waals surface area contributed by atoms with Gasteiger partial charge in [-0.25, -0.2) is 0 Å². The summed E-state index contributed by atoms with van der Waals surface area (Å²) in [4.78, 5) is 20.9. The first-order chi connectivity index (χ1) is 7.69. The van der Waals surface area contributed by atoms with E-state index < -0.39 is 5.66 Å². The zero-order chi connectivity index (χ0) is 12.0. The molecule has 0 aromatic carbocycles. The lowest BCUT2D eigenvalue weighted by molar-refractivity contribution is -0.111. The Morgan fingerprint density at radius 2 is 2.31 bits per heavy atom. The number of nitrogens with one attached hydrogen (secondary N) is 2. The highest BCUT2D eigenvalue weighted by Crippen LogP contribution is 2.35. The number of hydrogen-bond donors (Lipinski definition) is 3. The molecule has 0 radical (unpaired) electrons. The predicted molar refractivity (Wildman–Crippen MR) is 65.1 cm³/mol. The first-order valence-corrected chi connectivity index (χ1v) is 6.46. The molecule has 1 aliphatic heterocycles. The van der Waals surface area contributed by atoms with Gasteiger partial charge in [0.2, 0.25) is 6.41 Å². The molecule has 1 aliphatic rings. The molecule has 16 heavy (non-hydrogen) atoms. The number of likely N-dealkylation sites (N-methyl/N-ethyl adjacent to an activating group) is 1. The second-order valence-electron chi connectivity index (χ2n) is 3.96. The van der Waals surface area contributed by atoms with Gasteiger partial charge in [0.05, 0.1) is 6.04 Å². The quantitative estimate of drug-likeness (QED) is 0.319. The number of aldehydes is 1. The van der Waals surface area contributed by atoms with Gasteiger partial charge in [0, 0.05) is 17.4 Å². The van der Waals surface area contributed by atoms with Crippen LogP contribution in [-0.2, 0) is 9.59 Å². The minimum atomic E-state index is -0.704. The minimum absolute atomic E-state index is 0.0731. The molecule has 1 rings (SSSR count). The van der Waals surface area contributed by atoms with E-state index in [9.17, 15) is 9.59 Å². The summed E-state index contributed by atoms with van der Waals surface area (Å²) in [6.07, 6.45) is 3.79. The summed E-state index contributed by atoms with van der Waals surface area (Å²) >= 11 is 1.75. The number of hydrogen-bond acceptors (Lipinski definition) is 5. The van der Waals surface area contributed by atoms with E-state index in [1.54, 1.807) is 11.8 Å². The van der Waals surface area contributed by atoms with Crippen molar-refractivity contribution < 1.29 is 9.59 Å². The molecular weight excluding hydrogens is 226 g/mol. The van der Waals surface area contributed by atoms with Gasteiger partial charge in [-0.15, -0.1) is 0 Å². The van der Waals surface area contributed by atoms with E-state index in [2.05, 4.69) is 10.6 Å². The van der Waals surface area contributed by atoms with Gasteiger partial charge in [0.15, 0.2) is 0 Å². The molecule has 0 saturated carbocycles. The molecule has 1 fully saturated rings. The molecule has 1 saturated heterocycles. The number of carbonyl (C=O) groups is 2. The number of thioether (sulfide) groups is 1. The molecule has 0 bridgehead atoms. The average molecular weight is 245 g/mol. The van der Waals surface area contributed by atoms with Crippen LogP contribution in [-0.4, -0.2) is 42.5 Å². The summed E-state index contributed by atoms with van der Waals surface area (Å²) in [5, 5.41) is 6.01. The van der Waals surface area contributed by atoms with Crippen LogP contribution in [0, 0.1) is 0 Å². The van der Waals surface area contributed by atoms with E-state index in [0.717, 1.165) is 24.9 Å². The second-order valence-corrected chi connectivity index (χ2v) is 5.19. The summed E-state index contributed by atoms with van der Waals surface area (Å²) in [5.41, 5.74) is 5.53. The monoisotopic (exact) mass is 245 g/mol. The summed E-state index contributed by atoms with van der Waals surface area (Å²) in [6, 6.07) is 0.0731. The lowest BCUT2D eigenvalue weighted by atomic mass is 9.95. The van der Waals surface area contributed by atoms with E-state index in [-0.39, 0.29) is 11.3 Å². The molecule has 5 nitrogen and oxygen atoms in total. The van der Waals surface area contributed by atoms with Crippen LogP contribution in [0.25, 0.3) is 0 Å². The Kier molecular flexibility index (Phi) is 5.24. The van der Waals surface area contributed by atoms with Crippen molar-refractivity contribution in [3.05, 3.63) is 0 Å². The number of amides is 1. The standard InChI is InChI=1S/C10H19N3O2S/c1-12-8-6-16-9(4-2-3-5-14)10(8,11)13-7-15/h5,7-9,12H,2-4,6,11H2,1H3,(H,13,15). The van der Waals surface area contributed by atoms with E-state index in [1.165, 1.54) is 0 Å². The van der Waals surface area contributed by atoms with Crippen molar-refractivity contribution >= 4 is 24.5 Å². The number of unbranched alkanes of at least 4 members (excludes halogenated alkanes) is 1.